The molecule has 1 aliphatic rings. The van der Waals surface area contributed by atoms with Gasteiger partial charge in [-0.3, -0.25) is 9.69 Å². The third-order valence-electron chi connectivity index (χ3n) is 3.74. The first kappa shape index (κ1) is 15.0. The Labute approximate surface area is 128 Å². The first-order valence-corrected chi connectivity index (χ1v) is 7.51. The van der Waals surface area contributed by atoms with Gasteiger partial charge in [0.1, 0.15) is 0 Å². The Kier molecular flexibility index (Phi) is 4.79. The lowest BCUT2D eigenvalue weighted by Crippen LogP contribution is -2.51. The van der Waals surface area contributed by atoms with Crippen molar-refractivity contribution in [3.63, 3.8) is 0 Å². The highest BCUT2D eigenvalue weighted by Crippen LogP contribution is 2.19. The van der Waals surface area contributed by atoms with Gasteiger partial charge in [0, 0.05) is 36.2 Å². The molecule has 2 rings (SSSR count). The number of rotatable bonds is 2. The number of piperazine rings is 1. The summed E-state index contributed by atoms with van der Waals surface area (Å²) < 4.78 is 1.02. The third-order valence-corrected chi connectivity index (χ3v) is 4.63. The topological polar surface area (TPSA) is 47.3 Å². The molecule has 4 nitrogen and oxygen atoms in total. The summed E-state index contributed by atoms with van der Waals surface area (Å²) in [4.78, 5) is 16.4. The molecule has 0 aliphatic carbocycles. The lowest BCUT2D eigenvalue weighted by atomic mass is 10.1. The predicted octanol–water partition coefficient (Wildman–Crippen LogP) is 2.43. The number of carbonyl (C=O) groups excluding carboxylic acids is 1. The molecule has 1 aliphatic heterocycles. The van der Waals surface area contributed by atoms with Gasteiger partial charge in [-0.2, -0.15) is 5.26 Å². The van der Waals surface area contributed by atoms with Crippen LogP contribution in [0.15, 0.2) is 22.7 Å². The highest BCUT2D eigenvalue weighted by molar-refractivity contribution is 9.10. The van der Waals surface area contributed by atoms with Crippen molar-refractivity contribution in [2.24, 2.45) is 0 Å². The zero-order chi connectivity index (χ0) is 14.7. The number of hydrogen-bond acceptors (Lipinski definition) is 3. The SMILES string of the molecule is Cc1cc(C(=O)N2CCN(C(C)C#N)CC2)ccc1Br. The van der Waals surface area contributed by atoms with Crippen LogP contribution in [0.25, 0.3) is 0 Å². The summed E-state index contributed by atoms with van der Waals surface area (Å²) in [5.41, 5.74) is 1.79. The van der Waals surface area contributed by atoms with Crippen molar-refractivity contribution in [2.45, 2.75) is 19.9 Å². The zero-order valence-corrected chi connectivity index (χ0v) is 13.4. The molecular weight excluding hydrogens is 318 g/mol. The van der Waals surface area contributed by atoms with Crippen molar-refractivity contribution >= 4 is 21.8 Å². The maximum atomic E-state index is 12.4. The second kappa shape index (κ2) is 6.38. The van der Waals surface area contributed by atoms with Crippen molar-refractivity contribution in [1.29, 1.82) is 5.26 Å². The minimum Gasteiger partial charge on any atom is -0.336 e. The van der Waals surface area contributed by atoms with Crippen molar-refractivity contribution in [1.82, 2.24) is 9.80 Å². The summed E-state index contributed by atoms with van der Waals surface area (Å²) >= 11 is 3.44. The lowest BCUT2D eigenvalue weighted by Gasteiger charge is -2.36. The number of amides is 1. The first-order chi connectivity index (χ1) is 9.52. The van der Waals surface area contributed by atoms with Crippen LogP contribution in [0.4, 0.5) is 0 Å². The van der Waals surface area contributed by atoms with Crippen LogP contribution in [0.1, 0.15) is 22.8 Å². The molecule has 0 bridgehead atoms. The fourth-order valence-electron chi connectivity index (χ4n) is 2.35. The number of halogens is 1. The lowest BCUT2D eigenvalue weighted by molar-refractivity contribution is 0.0615. The number of nitriles is 1. The van der Waals surface area contributed by atoms with E-state index in [1.54, 1.807) is 0 Å². The number of nitrogens with zero attached hydrogens (tertiary/aromatic N) is 3. The second-order valence-corrected chi connectivity index (χ2v) is 5.95. The summed E-state index contributed by atoms with van der Waals surface area (Å²) in [6.45, 7) is 6.76. The molecular formula is C15H18BrN3O. The molecule has 0 aromatic heterocycles. The van der Waals surface area contributed by atoms with Crippen LogP contribution < -0.4 is 0 Å². The van der Waals surface area contributed by atoms with Crippen LogP contribution >= 0.6 is 15.9 Å². The molecule has 0 spiro atoms. The van der Waals surface area contributed by atoms with E-state index in [4.69, 9.17) is 5.26 Å². The van der Waals surface area contributed by atoms with E-state index in [0.29, 0.717) is 13.1 Å². The van der Waals surface area contributed by atoms with Crippen LogP contribution in [0.2, 0.25) is 0 Å². The normalized spacial score (nSPS) is 17.6. The molecule has 0 saturated carbocycles. The van der Waals surface area contributed by atoms with Crippen LogP contribution in [0, 0.1) is 18.3 Å². The van der Waals surface area contributed by atoms with E-state index in [9.17, 15) is 4.79 Å². The molecule has 1 aromatic carbocycles. The van der Waals surface area contributed by atoms with Gasteiger partial charge in [0.15, 0.2) is 0 Å². The average Bonchev–Trinajstić information content (AvgIpc) is 2.48. The van der Waals surface area contributed by atoms with Gasteiger partial charge < -0.3 is 4.90 Å². The van der Waals surface area contributed by atoms with Crippen molar-refractivity contribution < 1.29 is 4.79 Å². The number of carbonyl (C=O) groups is 1. The van der Waals surface area contributed by atoms with Gasteiger partial charge in [-0.05, 0) is 37.6 Å². The van der Waals surface area contributed by atoms with Gasteiger partial charge in [0.2, 0.25) is 0 Å². The van der Waals surface area contributed by atoms with E-state index in [2.05, 4.69) is 26.9 Å². The summed E-state index contributed by atoms with van der Waals surface area (Å²) in [5.74, 6) is 0.0739. The molecule has 20 heavy (non-hydrogen) atoms. The predicted molar refractivity (Wildman–Crippen MR) is 81.4 cm³/mol. The minimum absolute atomic E-state index is 0.0739. The van der Waals surface area contributed by atoms with Crippen molar-refractivity contribution in [3.05, 3.63) is 33.8 Å². The van der Waals surface area contributed by atoms with Gasteiger partial charge >= 0.3 is 0 Å². The van der Waals surface area contributed by atoms with Gasteiger partial charge in [-0.15, -0.1) is 0 Å². The number of benzene rings is 1. The molecule has 5 heteroatoms. The summed E-state index contributed by atoms with van der Waals surface area (Å²) in [5, 5.41) is 8.92. The standard InChI is InChI=1S/C15H18BrN3O/c1-11-9-13(3-4-14(11)16)15(20)19-7-5-18(6-8-19)12(2)10-17/h3-4,9,12H,5-8H2,1-2H3. The monoisotopic (exact) mass is 335 g/mol. The highest BCUT2D eigenvalue weighted by atomic mass is 79.9. The van der Waals surface area contributed by atoms with Crippen LogP contribution in [-0.2, 0) is 0 Å². The van der Waals surface area contributed by atoms with E-state index >= 15 is 0 Å². The molecule has 1 amide bonds. The Bertz CT molecular complexity index is 545. The smallest absolute Gasteiger partial charge is 0.253 e. The summed E-state index contributed by atoms with van der Waals surface area (Å²) in [6.07, 6.45) is 0. The van der Waals surface area contributed by atoms with E-state index in [-0.39, 0.29) is 11.9 Å². The summed E-state index contributed by atoms with van der Waals surface area (Å²) in [7, 11) is 0. The minimum atomic E-state index is -0.0813. The zero-order valence-electron chi connectivity index (χ0n) is 11.8. The molecule has 0 N–H and O–H groups in total. The highest BCUT2D eigenvalue weighted by Gasteiger charge is 2.24. The fourth-order valence-corrected chi connectivity index (χ4v) is 2.60. The number of aryl methyl sites for hydroxylation is 1. The van der Waals surface area contributed by atoms with Crippen molar-refractivity contribution in [3.8, 4) is 6.07 Å². The Hall–Kier alpha value is -1.38. The molecule has 1 fully saturated rings. The molecule has 1 unspecified atom stereocenters. The maximum Gasteiger partial charge on any atom is 0.253 e. The molecule has 0 radical (unpaired) electrons. The molecule has 1 heterocycles. The van der Waals surface area contributed by atoms with Gasteiger partial charge in [-0.25, -0.2) is 0 Å². The average molecular weight is 336 g/mol. The molecule has 1 aromatic rings. The third kappa shape index (κ3) is 3.20. The van der Waals surface area contributed by atoms with E-state index in [1.165, 1.54) is 0 Å². The van der Waals surface area contributed by atoms with Gasteiger partial charge in [0.25, 0.3) is 5.91 Å². The Morgan fingerprint density at radius 2 is 2.00 bits per heavy atom. The molecule has 1 saturated heterocycles. The Balaban J connectivity index is 2.01. The first-order valence-electron chi connectivity index (χ1n) is 6.72. The van der Waals surface area contributed by atoms with E-state index < -0.39 is 0 Å². The van der Waals surface area contributed by atoms with Gasteiger partial charge in [0.05, 0.1) is 12.1 Å². The largest absolute Gasteiger partial charge is 0.336 e. The molecule has 1 atom stereocenters. The number of hydrogen-bond donors (Lipinski definition) is 0. The quantitative estimate of drug-likeness (QED) is 0.833. The van der Waals surface area contributed by atoms with Crippen molar-refractivity contribution in [2.75, 3.05) is 26.2 Å². The van der Waals surface area contributed by atoms with Gasteiger partial charge in [-0.1, -0.05) is 15.9 Å². The Morgan fingerprint density at radius 3 is 2.55 bits per heavy atom. The van der Waals surface area contributed by atoms with E-state index in [1.807, 2.05) is 36.9 Å². The summed E-state index contributed by atoms with van der Waals surface area (Å²) in [6, 6.07) is 7.84. The molecule has 106 valence electrons. The Morgan fingerprint density at radius 1 is 1.35 bits per heavy atom. The van der Waals surface area contributed by atoms with E-state index in [0.717, 1.165) is 28.7 Å². The second-order valence-electron chi connectivity index (χ2n) is 5.10. The fraction of sp³-hybridized carbons (Fsp3) is 0.467. The van der Waals surface area contributed by atoms with Crippen LogP contribution in [0.3, 0.4) is 0 Å². The maximum absolute atomic E-state index is 12.4. The van der Waals surface area contributed by atoms with Crippen LogP contribution in [0.5, 0.6) is 0 Å². The van der Waals surface area contributed by atoms with Crippen LogP contribution in [-0.4, -0.2) is 47.9 Å².